The number of fused-ring (bicyclic) bond motifs is 1. The maximum absolute atomic E-state index is 5.46. The molecule has 0 amide bonds. The van der Waals surface area contributed by atoms with E-state index in [1.807, 2.05) is 24.3 Å². The predicted octanol–water partition coefficient (Wildman–Crippen LogP) is 4.31. The Labute approximate surface area is 150 Å². The lowest BCUT2D eigenvalue weighted by molar-refractivity contribution is 0.204. The average molecular weight is 389 g/mol. The Balaban J connectivity index is 1.66. The van der Waals surface area contributed by atoms with E-state index in [1.165, 1.54) is 0 Å². The normalized spacial score (nSPS) is 11.5. The summed E-state index contributed by atoms with van der Waals surface area (Å²) >= 11 is 3.50. The van der Waals surface area contributed by atoms with Gasteiger partial charge in [-0.2, -0.15) is 0 Å². The number of halogens is 1. The number of rotatable bonds is 7. The summed E-state index contributed by atoms with van der Waals surface area (Å²) in [5.41, 5.74) is 0.923. The van der Waals surface area contributed by atoms with Crippen molar-refractivity contribution in [2.24, 2.45) is 0 Å². The zero-order chi connectivity index (χ0) is 16.9. The van der Waals surface area contributed by atoms with Crippen LogP contribution < -0.4 is 5.32 Å². The number of hydrogen-bond acceptors (Lipinski definition) is 5. The van der Waals surface area contributed by atoms with Gasteiger partial charge in [0.25, 0.3) is 0 Å². The summed E-state index contributed by atoms with van der Waals surface area (Å²) in [4.78, 5) is 11.3. The second-order valence-electron chi connectivity index (χ2n) is 5.92. The molecule has 0 bridgehead atoms. The highest BCUT2D eigenvalue weighted by atomic mass is 79.9. The quantitative estimate of drug-likeness (QED) is 0.653. The summed E-state index contributed by atoms with van der Waals surface area (Å²) in [6.07, 6.45) is 5.30. The van der Waals surface area contributed by atoms with Crippen molar-refractivity contribution in [3.05, 3.63) is 53.2 Å². The molecule has 3 heterocycles. The van der Waals surface area contributed by atoms with Crippen LogP contribution in [0.5, 0.6) is 0 Å². The maximum atomic E-state index is 5.46. The predicted molar refractivity (Wildman–Crippen MR) is 100.0 cm³/mol. The largest absolute Gasteiger partial charge is 0.468 e. The van der Waals surface area contributed by atoms with E-state index in [0.717, 1.165) is 46.6 Å². The van der Waals surface area contributed by atoms with Crippen LogP contribution in [0.1, 0.15) is 19.6 Å². The first-order valence-corrected chi connectivity index (χ1v) is 8.84. The topological polar surface area (TPSA) is 54.2 Å². The monoisotopic (exact) mass is 388 g/mol. The van der Waals surface area contributed by atoms with Crippen LogP contribution >= 0.6 is 15.9 Å². The van der Waals surface area contributed by atoms with Crippen LogP contribution in [-0.2, 0) is 6.54 Å². The molecule has 0 aliphatic heterocycles. The van der Waals surface area contributed by atoms with Gasteiger partial charge in [0, 0.05) is 36.9 Å². The molecule has 0 spiro atoms. The molecule has 0 aliphatic rings. The van der Waals surface area contributed by atoms with Gasteiger partial charge in [0.2, 0.25) is 0 Å². The number of nitrogens with one attached hydrogen (secondary N) is 1. The lowest BCUT2D eigenvalue weighted by Crippen LogP contribution is -2.34. The number of anilines is 1. The van der Waals surface area contributed by atoms with Gasteiger partial charge in [0.15, 0.2) is 0 Å². The molecule has 3 rings (SSSR count). The molecule has 0 radical (unpaired) electrons. The summed E-state index contributed by atoms with van der Waals surface area (Å²) in [5.74, 6) is 1.85. The Kier molecular flexibility index (Phi) is 5.48. The molecule has 6 heteroatoms. The van der Waals surface area contributed by atoms with Crippen LogP contribution in [0, 0.1) is 0 Å². The van der Waals surface area contributed by atoms with Crippen molar-refractivity contribution >= 4 is 32.7 Å². The maximum Gasteiger partial charge on any atom is 0.135 e. The van der Waals surface area contributed by atoms with Crippen molar-refractivity contribution in [2.75, 3.05) is 18.4 Å². The fourth-order valence-electron chi connectivity index (χ4n) is 2.62. The molecular formula is C18H21BrN4O. The van der Waals surface area contributed by atoms with E-state index in [1.54, 1.807) is 18.7 Å². The van der Waals surface area contributed by atoms with E-state index >= 15 is 0 Å². The third-order valence-corrected chi connectivity index (χ3v) is 4.54. The lowest BCUT2D eigenvalue weighted by Gasteiger charge is -2.25. The molecule has 0 fully saturated rings. The summed E-state index contributed by atoms with van der Waals surface area (Å²) in [6.45, 7) is 6.90. The molecule has 3 aromatic rings. The Morgan fingerprint density at radius 3 is 2.88 bits per heavy atom. The van der Waals surface area contributed by atoms with E-state index in [0.29, 0.717) is 6.04 Å². The SMILES string of the molecule is CC(C)N(CCNc1ncc(Br)c2ncccc12)Cc1ccco1. The summed E-state index contributed by atoms with van der Waals surface area (Å²) < 4.78 is 6.37. The molecule has 1 N–H and O–H groups in total. The number of aromatic nitrogens is 2. The van der Waals surface area contributed by atoms with Crippen LogP contribution in [-0.4, -0.2) is 34.0 Å². The number of pyridine rings is 2. The van der Waals surface area contributed by atoms with Crippen LogP contribution in [0.25, 0.3) is 10.9 Å². The molecule has 0 aliphatic carbocycles. The first kappa shape index (κ1) is 16.9. The van der Waals surface area contributed by atoms with Crippen molar-refractivity contribution in [1.82, 2.24) is 14.9 Å². The second-order valence-corrected chi connectivity index (χ2v) is 6.78. The molecule has 126 valence electrons. The van der Waals surface area contributed by atoms with Gasteiger partial charge in [-0.1, -0.05) is 0 Å². The smallest absolute Gasteiger partial charge is 0.135 e. The number of nitrogens with zero attached hydrogens (tertiary/aromatic N) is 3. The fourth-order valence-corrected chi connectivity index (χ4v) is 3.04. The molecule has 5 nitrogen and oxygen atoms in total. The standard InChI is InChI=1S/C18H21BrN4O/c1-13(2)23(12-14-5-4-10-24-14)9-8-21-18-15-6-3-7-20-17(15)16(19)11-22-18/h3-7,10-11,13H,8-9,12H2,1-2H3,(H,21,22). The molecule has 24 heavy (non-hydrogen) atoms. The Hall–Kier alpha value is -1.92. The molecule has 0 aromatic carbocycles. The van der Waals surface area contributed by atoms with Crippen LogP contribution in [0.2, 0.25) is 0 Å². The number of furan rings is 1. The summed E-state index contributed by atoms with van der Waals surface area (Å²) in [6, 6.07) is 8.34. The second kappa shape index (κ2) is 7.77. The molecule has 0 saturated heterocycles. The van der Waals surface area contributed by atoms with Crippen molar-refractivity contribution in [3.8, 4) is 0 Å². The van der Waals surface area contributed by atoms with Crippen molar-refractivity contribution < 1.29 is 4.42 Å². The zero-order valence-electron chi connectivity index (χ0n) is 13.9. The van der Waals surface area contributed by atoms with E-state index < -0.39 is 0 Å². The lowest BCUT2D eigenvalue weighted by atomic mass is 10.2. The highest BCUT2D eigenvalue weighted by molar-refractivity contribution is 9.10. The van der Waals surface area contributed by atoms with Crippen LogP contribution in [0.4, 0.5) is 5.82 Å². The highest BCUT2D eigenvalue weighted by Crippen LogP contribution is 2.25. The van der Waals surface area contributed by atoms with E-state index in [2.05, 4.69) is 50.0 Å². The molecule has 3 aromatic heterocycles. The first-order valence-electron chi connectivity index (χ1n) is 8.04. The van der Waals surface area contributed by atoms with Gasteiger partial charge in [-0.25, -0.2) is 4.98 Å². The molecule has 0 atom stereocenters. The average Bonchev–Trinajstić information content (AvgIpc) is 3.09. The van der Waals surface area contributed by atoms with Gasteiger partial charge in [0.05, 0.1) is 22.8 Å². The van der Waals surface area contributed by atoms with Gasteiger partial charge >= 0.3 is 0 Å². The van der Waals surface area contributed by atoms with Crippen molar-refractivity contribution in [2.45, 2.75) is 26.4 Å². The minimum Gasteiger partial charge on any atom is -0.468 e. The van der Waals surface area contributed by atoms with Crippen molar-refractivity contribution in [1.29, 1.82) is 0 Å². The third-order valence-electron chi connectivity index (χ3n) is 3.96. The van der Waals surface area contributed by atoms with Gasteiger partial charge < -0.3 is 9.73 Å². The first-order chi connectivity index (χ1) is 11.6. The van der Waals surface area contributed by atoms with Gasteiger partial charge in [-0.15, -0.1) is 0 Å². The summed E-state index contributed by atoms with van der Waals surface area (Å²) in [7, 11) is 0. The highest BCUT2D eigenvalue weighted by Gasteiger charge is 2.12. The summed E-state index contributed by atoms with van der Waals surface area (Å²) in [5, 5.41) is 4.46. The Bertz CT molecular complexity index is 789. The van der Waals surface area contributed by atoms with Crippen molar-refractivity contribution in [3.63, 3.8) is 0 Å². The van der Waals surface area contributed by atoms with Gasteiger partial charge in [0.1, 0.15) is 11.6 Å². The van der Waals surface area contributed by atoms with Gasteiger partial charge in [-0.3, -0.25) is 9.88 Å². The minimum atomic E-state index is 0.438. The molecule has 0 saturated carbocycles. The van der Waals surface area contributed by atoms with Crippen LogP contribution in [0.15, 0.2) is 51.8 Å². The molecule has 0 unspecified atom stereocenters. The van der Waals surface area contributed by atoms with E-state index in [4.69, 9.17) is 4.42 Å². The Morgan fingerprint density at radius 2 is 2.12 bits per heavy atom. The van der Waals surface area contributed by atoms with E-state index in [-0.39, 0.29) is 0 Å². The molecular weight excluding hydrogens is 368 g/mol. The fraction of sp³-hybridized carbons (Fsp3) is 0.333. The number of hydrogen-bond donors (Lipinski definition) is 1. The third kappa shape index (κ3) is 3.94. The van der Waals surface area contributed by atoms with E-state index in [9.17, 15) is 0 Å². The Morgan fingerprint density at radius 1 is 1.25 bits per heavy atom. The van der Waals surface area contributed by atoms with Gasteiger partial charge in [-0.05, 0) is 54.0 Å². The zero-order valence-corrected chi connectivity index (χ0v) is 15.5. The minimum absolute atomic E-state index is 0.438. The van der Waals surface area contributed by atoms with Crippen LogP contribution in [0.3, 0.4) is 0 Å².